The van der Waals surface area contributed by atoms with Gasteiger partial charge in [0.05, 0.1) is 5.69 Å². The largest absolute Gasteiger partial charge is 0.573 e. The molecule has 0 saturated carbocycles. The Labute approximate surface area is 173 Å². The summed E-state index contributed by atoms with van der Waals surface area (Å²) >= 11 is 0. The van der Waals surface area contributed by atoms with E-state index in [1.807, 2.05) is 0 Å². The first kappa shape index (κ1) is 23.1. The minimum Gasteiger partial charge on any atom is -0.444 e. The SMILES string of the molecule is CC(C)(C)OC(=O)Nc1ccc(OC(F)(F)F)cc1-c1c(C#N)c(N)[nH]c(=O)c1C#N. The second-order valence-corrected chi connectivity index (χ2v) is 7.10. The second kappa shape index (κ2) is 8.28. The molecule has 0 saturated heterocycles. The third kappa shape index (κ3) is 5.67. The van der Waals surface area contributed by atoms with Gasteiger partial charge < -0.3 is 20.2 Å². The molecule has 0 radical (unpaired) electrons. The summed E-state index contributed by atoms with van der Waals surface area (Å²) < 4.78 is 47.1. The normalized spacial score (nSPS) is 11.2. The number of pyridine rings is 1. The van der Waals surface area contributed by atoms with Gasteiger partial charge in [-0.3, -0.25) is 10.1 Å². The predicted molar refractivity (Wildman–Crippen MR) is 103 cm³/mol. The van der Waals surface area contributed by atoms with Crippen LogP contribution < -0.4 is 21.3 Å². The van der Waals surface area contributed by atoms with E-state index in [4.69, 9.17) is 10.5 Å². The van der Waals surface area contributed by atoms with E-state index in [9.17, 15) is 33.3 Å². The van der Waals surface area contributed by atoms with Crippen molar-refractivity contribution in [1.29, 1.82) is 10.5 Å². The Morgan fingerprint density at radius 1 is 1.16 bits per heavy atom. The molecule has 0 fully saturated rings. The van der Waals surface area contributed by atoms with E-state index >= 15 is 0 Å². The van der Waals surface area contributed by atoms with Crippen LogP contribution in [0.5, 0.6) is 5.75 Å². The minimum atomic E-state index is -5.04. The number of amides is 1. The maximum Gasteiger partial charge on any atom is 0.573 e. The van der Waals surface area contributed by atoms with Crippen LogP contribution in [0.15, 0.2) is 23.0 Å². The van der Waals surface area contributed by atoms with Crippen LogP contribution in [0.1, 0.15) is 31.9 Å². The van der Waals surface area contributed by atoms with Crippen LogP contribution in [0, 0.1) is 22.7 Å². The Morgan fingerprint density at radius 2 is 1.77 bits per heavy atom. The number of nitrogens with two attached hydrogens (primary N) is 1. The van der Waals surface area contributed by atoms with E-state index in [1.165, 1.54) is 0 Å². The van der Waals surface area contributed by atoms with Gasteiger partial charge in [-0.05, 0) is 39.0 Å². The number of nitrogens with one attached hydrogen (secondary N) is 2. The zero-order valence-electron chi connectivity index (χ0n) is 16.5. The quantitative estimate of drug-likeness (QED) is 0.665. The first-order chi connectivity index (χ1) is 14.3. The monoisotopic (exact) mass is 435 g/mol. The topological polar surface area (TPSA) is 154 Å². The number of nitrogens with zero attached hydrogens (tertiary/aromatic N) is 2. The highest BCUT2D eigenvalue weighted by Crippen LogP contribution is 2.37. The van der Waals surface area contributed by atoms with Gasteiger partial charge in [-0.15, -0.1) is 13.2 Å². The average Bonchev–Trinajstić information content (AvgIpc) is 2.59. The fourth-order valence-electron chi connectivity index (χ4n) is 2.56. The molecule has 12 heteroatoms. The van der Waals surface area contributed by atoms with E-state index in [-0.39, 0.29) is 22.4 Å². The Balaban J connectivity index is 2.79. The number of benzene rings is 1. The maximum atomic E-state index is 12.7. The van der Waals surface area contributed by atoms with E-state index in [0.717, 1.165) is 18.2 Å². The molecule has 9 nitrogen and oxygen atoms in total. The number of aromatic amines is 1. The molecular formula is C19H16F3N5O4. The van der Waals surface area contributed by atoms with E-state index in [1.54, 1.807) is 32.9 Å². The van der Waals surface area contributed by atoms with Crippen molar-refractivity contribution in [3.05, 3.63) is 39.7 Å². The molecule has 31 heavy (non-hydrogen) atoms. The van der Waals surface area contributed by atoms with Crippen molar-refractivity contribution in [3.8, 4) is 29.0 Å². The van der Waals surface area contributed by atoms with E-state index < -0.39 is 40.7 Å². The molecular weight excluding hydrogens is 419 g/mol. The number of ether oxygens (including phenoxy) is 2. The molecule has 162 valence electrons. The molecule has 0 spiro atoms. The number of nitrogen functional groups attached to an aromatic ring is 1. The van der Waals surface area contributed by atoms with Gasteiger partial charge in [-0.2, -0.15) is 10.5 Å². The highest BCUT2D eigenvalue weighted by atomic mass is 19.4. The van der Waals surface area contributed by atoms with Gasteiger partial charge in [0.2, 0.25) is 0 Å². The number of carbonyl (C=O) groups is 1. The van der Waals surface area contributed by atoms with Crippen LogP contribution in [0.2, 0.25) is 0 Å². The fourth-order valence-corrected chi connectivity index (χ4v) is 2.56. The highest BCUT2D eigenvalue weighted by molar-refractivity contribution is 5.95. The Hall–Kier alpha value is -4.19. The number of rotatable bonds is 3. The summed E-state index contributed by atoms with van der Waals surface area (Å²) in [5.41, 5.74) is 2.01. The molecule has 0 aliphatic rings. The van der Waals surface area contributed by atoms with Crippen LogP contribution in [0.4, 0.5) is 29.5 Å². The molecule has 4 N–H and O–H groups in total. The van der Waals surface area contributed by atoms with Gasteiger partial charge in [0.15, 0.2) is 0 Å². The number of aromatic nitrogens is 1. The van der Waals surface area contributed by atoms with Crippen molar-refractivity contribution in [2.75, 3.05) is 11.1 Å². The number of hydrogen-bond acceptors (Lipinski definition) is 7. The summed E-state index contributed by atoms with van der Waals surface area (Å²) in [7, 11) is 0. The van der Waals surface area contributed by atoms with Crippen molar-refractivity contribution in [2.45, 2.75) is 32.7 Å². The van der Waals surface area contributed by atoms with Crippen LogP contribution in [-0.2, 0) is 4.74 Å². The number of H-pyrrole nitrogens is 1. The van der Waals surface area contributed by atoms with Gasteiger partial charge in [0.25, 0.3) is 5.56 Å². The second-order valence-electron chi connectivity index (χ2n) is 7.10. The molecule has 0 bridgehead atoms. The van der Waals surface area contributed by atoms with Crippen LogP contribution in [-0.4, -0.2) is 23.0 Å². The molecule has 0 aliphatic carbocycles. The minimum absolute atomic E-state index is 0.151. The molecule has 1 heterocycles. The number of anilines is 2. The Bertz CT molecular complexity index is 1170. The van der Waals surface area contributed by atoms with Crippen molar-refractivity contribution < 1.29 is 27.4 Å². The number of alkyl halides is 3. The summed E-state index contributed by atoms with van der Waals surface area (Å²) in [4.78, 5) is 26.5. The zero-order chi connectivity index (χ0) is 23.6. The van der Waals surface area contributed by atoms with Gasteiger partial charge in [-0.1, -0.05) is 0 Å². The van der Waals surface area contributed by atoms with Crippen LogP contribution in [0.3, 0.4) is 0 Å². The van der Waals surface area contributed by atoms with Gasteiger partial charge in [0.1, 0.15) is 40.4 Å². The first-order valence-corrected chi connectivity index (χ1v) is 8.52. The summed E-state index contributed by atoms with van der Waals surface area (Å²) in [5.74, 6) is -1.13. The van der Waals surface area contributed by atoms with Gasteiger partial charge >= 0.3 is 12.5 Å². The summed E-state index contributed by atoms with van der Waals surface area (Å²) in [6, 6.07) is 6.05. The van der Waals surface area contributed by atoms with Crippen LogP contribution in [0.25, 0.3) is 11.1 Å². The molecule has 2 aromatic rings. The van der Waals surface area contributed by atoms with E-state index in [0.29, 0.717) is 0 Å². The van der Waals surface area contributed by atoms with Crippen LogP contribution >= 0.6 is 0 Å². The number of carbonyl (C=O) groups excluding carboxylic acids is 1. The predicted octanol–water partition coefficient (Wildman–Crippen LogP) is 3.61. The van der Waals surface area contributed by atoms with Crippen molar-refractivity contribution in [1.82, 2.24) is 4.98 Å². The van der Waals surface area contributed by atoms with Crippen molar-refractivity contribution in [2.24, 2.45) is 0 Å². The van der Waals surface area contributed by atoms with Crippen molar-refractivity contribution in [3.63, 3.8) is 0 Å². The smallest absolute Gasteiger partial charge is 0.444 e. The molecule has 0 atom stereocenters. The molecule has 0 aliphatic heterocycles. The lowest BCUT2D eigenvalue weighted by atomic mass is 9.95. The molecule has 1 amide bonds. The third-order valence-electron chi connectivity index (χ3n) is 3.60. The Morgan fingerprint density at radius 3 is 2.29 bits per heavy atom. The van der Waals surface area contributed by atoms with Gasteiger partial charge in [0, 0.05) is 11.1 Å². The lowest BCUT2D eigenvalue weighted by Gasteiger charge is -2.21. The Kier molecular flexibility index (Phi) is 6.17. The number of nitriles is 2. The molecule has 1 aromatic heterocycles. The van der Waals surface area contributed by atoms with E-state index in [2.05, 4.69) is 15.0 Å². The first-order valence-electron chi connectivity index (χ1n) is 8.52. The third-order valence-corrected chi connectivity index (χ3v) is 3.60. The summed E-state index contributed by atoms with van der Waals surface area (Å²) in [6.45, 7) is 4.77. The average molecular weight is 435 g/mol. The molecule has 1 aromatic carbocycles. The fraction of sp³-hybridized carbons (Fsp3) is 0.263. The number of halogens is 3. The lowest BCUT2D eigenvalue weighted by Crippen LogP contribution is -2.27. The molecule has 2 rings (SSSR count). The zero-order valence-corrected chi connectivity index (χ0v) is 16.5. The highest BCUT2D eigenvalue weighted by Gasteiger charge is 2.32. The van der Waals surface area contributed by atoms with Gasteiger partial charge in [-0.25, -0.2) is 4.79 Å². The molecule has 0 unspecified atom stereocenters. The summed E-state index contributed by atoms with van der Waals surface area (Å²) in [6.07, 6.45) is -6.01. The van der Waals surface area contributed by atoms with Crippen molar-refractivity contribution >= 4 is 17.6 Å². The standard InChI is InChI=1S/C19H16F3N5O4/c1-18(2,3)31-17(29)26-13-5-4-9(30-19(20,21)22)6-10(13)14-11(7-23)15(25)27-16(28)12(14)8-24/h4-6H,1-3H3,(H,26,29)(H3,25,27,28). The summed E-state index contributed by atoms with van der Waals surface area (Å²) in [5, 5.41) is 21.2. The maximum absolute atomic E-state index is 12.7. The lowest BCUT2D eigenvalue weighted by molar-refractivity contribution is -0.274. The number of hydrogen-bond donors (Lipinski definition) is 3.